The molecule has 0 bridgehead atoms. The second-order valence-corrected chi connectivity index (χ2v) is 5.95. The van der Waals surface area contributed by atoms with Crippen LogP contribution in [-0.4, -0.2) is 43.2 Å². The van der Waals surface area contributed by atoms with E-state index in [2.05, 4.69) is 36.9 Å². The lowest BCUT2D eigenvalue weighted by molar-refractivity contribution is 0.266. The highest BCUT2D eigenvalue weighted by molar-refractivity contribution is 5.55. The minimum absolute atomic E-state index is 0.138. The molecule has 1 aliphatic heterocycles. The van der Waals surface area contributed by atoms with Crippen molar-refractivity contribution < 1.29 is 5.11 Å². The van der Waals surface area contributed by atoms with Gasteiger partial charge in [0, 0.05) is 42.5 Å². The van der Waals surface area contributed by atoms with Gasteiger partial charge in [-0.3, -0.25) is 0 Å². The van der Waals surface area contributed by atoms with Crippen LogP contribution in [0.2, 0.25) is 0 Å². The van der Waals surface area contributed by atoms with Gasteiger partial charge in [-0.15, -0.1) is 0 Å². The Kier molecular flexibility index (Phi) is 4.02. The van der Waals surface area contributed by atoms with Crippen LogP contribution in [-0.2, 0) is 0 Å². The van der Waals surface area contributed by atoms with Crippen molar-refractivity contribution in [2.45, 2.75) is 25.9 Å². The van der Waals surface area contributed by atoms with E-state index in [-0.39, 0.29) is 6.04 Å². The maximum absolute atomic E-state index is 10.0. The van der Waals surface area contributed by atoms with E-state index < -0.39 is 0 Å². The number of benzene rings is 1. The number of hydrogen-bond acceptors (Lipinski definition) is 4. The van der Waals surface area contributed by atoms with E-state index in [0.29, 0.717) is 17.7 Å². The van der Waals surface area contributed by atoms with Crippen molar-refractivity contribution in [1.29, 1.82) is 0 Å². The molecule has 2 rings (SSSR count). The zero-order chi connectivity index (χ0) is 14.2. The van der Waals surface area contributed by atoms with Crippen molar-refractivity contribution >= 4 is 5.69 Å². The Labute approximate surface area is 115 Å². The van der Waals surface area contributed by atoms with Crippen molar-refractivity contribution in [3.05, 3.63) is 23.8 Å². The number of rotatable bonds is 3. The van der Waals surface area contributed by atoms with Gasteiger partial charge in [0.1, 0.15) is 5.75 Å². The number of phenolic OH excluding ortho intramolecular Hbond substituents is 1. The molecule has 1 saturated heterocycles. The lowest BCUT2D eigenvalue weighted by Crippen LogP contribution is -2.34. The number of hydrogen-bond donors (Lipinski definition) is 2. The molecule has 3 N–H and O–H groups in total. The molecule has 4 heteroatoms. The minimum atomic E-state index is -0.138. The van der Waals surface area contributed by atoms with E-state index >= 15 is 0 Å². The predicted octanol–water partition coefficient (Wildman–Crippen LogP) is 1.80. The number of anilines is 1. The topological polar surface area (TPSA) is 52.7 Å². The van der Waals surface area contributed by atoms with E-state index in [0.717, 1.165) is 24.3 Å². The first kappa shape index (κ1) is 14.2. The smallest absolute Gasteiger partial charge is 0.122 e. The summed E-state index contributed by atoms with van der Waals surface area (Å²) in [6.45, 7) is 6.19. The molecule has 0 radical (unpaired) electrons. The number of phenols is 1. The summed E-state index contributed by atoms with van der Waals surface area (Å²) in [4.78, 5) is 4.61. The van der Waals surface area contributed by atoms with Gasteiger partial charge in [0.25, 0.3) is 0 Å². The van der Waals surface area contributed by atoms with Gasteiger partial charge < -0.3 is 20.6 Å². The molecule has 4 nitrogen and oxygen atoms in total. The predicted molar refractivity (Wildman–Crippen MR) is 79.6 cm³/mol. The van der Waals surface area contributed by atoms with Crippen LogP contribution in [0.15, 0.2) is 18.2 Å². The van der Waals surface area contributed by atoms with Crippen LogP contribution < -0.4 is 10.6 Å². The fourth-order valence-electron chi connectivity index (χ4n) is 2.95. The van der Waals surface area contributed by atoms with Crippen LogP contribution in [0.4, 0.5) is 5.69 Å². The van der Waals surface area contributed by atoms with E-state index in [1.165, 1.54) is 0 Å². The molecule has 1 aliphatic rings. The fraction of sp³-hybridized carbons (Fsp3) is 0.600. The summed E-state index contributed by atoms with van der Waals surface area (Å²) < 4.78 is 0. The van der Waals surface area contributed by atoms with Gasteiger partial charge in [-0.1, -0.05) is 13.0 Å². The summed E-state index contributed by atoms with van der Waals surface area (Å²) in [5.41, 5.74) is 7.71. The van der Waals surface area contributed by atoms with E-state index in [9.17, 15) is 5.11 Å². The van der Waals surface area contributed by atoms with E-state index in [4.69, 9.17) is 5.73 Å². The Morgan fingerprint density at radius 1 is 1.37 bits per heavy atom. The maximum atomic E-state index is 10.0. The van der Waals surface area contributed by atoms with E-state index in [1.54, 1.807) is 0 Å². The Morgan fingerprint density at radius 3 is 2.53 bits per heavy atom. The number of aromatic hydroxyl groups is 1. The van der Waals surface area contributed by atoms with Crippen LogP contribution in [0.25, 0.3) is 0 Å². The van der Waals surface area contributed by atoms with Gasteiger partial charge in [-0.2, -0.15) is 0 Å². The molecule has 1 heterocycles. The van der Waals surface area contributed by atoms with Crippen LogP contribution in [0, 0.1) is 5.92 Å². The van der Waals surface area contributed by atoms with Crippen LogP contribution in [0.5, 0.6) is 5.75 Å². The third kappa shape index (κ3) is 2.85. The van der Waals surface area contributed by atoms with Crippen LogP contribution in [0.1, 0.15) is 25.5 Å². The van der Waals surface area contributed by atoms with Crippen LogP contribution in [0.3, 0.4) is 0 Å². The first-order chi connectivity index (χ1) is 8.90. The molecule has 1 aromatic rings. The number of likely N-dealkylation sites (N-methyl/N-ethyl adjacent to an activating group) is 1. The Morgan fingerprint density at radius 2 is 2.05 bits per heavy atom. The van der Waals surface area contributed by atoms with Gasteiger partial charge in [0.2, 0.25) is 0 Å². The Balaban J connectivity index is 2.18. The SMILES string of the molecule is CC(N)c1ccc(N2CC(C)C(N(C)C)C2)cc1O. The lowest BCUT2D eigenvalue weighted by Gasteiger charge is -2.23. The zero-order valence-electron chi connectivity index (χ0n) is 12.3. The molecule has 19 heavy (non-hydrogen) atoms. The van der Waals surface area contributed by atoms with Gasteiger partial charge in [0.05, 0.1) is 0 Å². The molecule has 106 valence electrons. The molecule has 0 aliphatic carbocycles. The van der Waals surface area contributed by atoms with Crippen molar-refractivity contribution in [3.63, 3.8) is 0 Å². The van der Waals surface area contributed by atoms with E-state index in [1.807, 2.05) is 19.1 Å². The standard InChI is InChI=1S/C15H25N3O/c1-10-8-18(9-14(10)17(3)4)12-5-6-13(11(2)16)15(19)7-12/h5-7,10-11,14,19H,8-9,16H2,1-4H3. The maximum Gasteiger partial charge on any atom is 0.122 e. The number of nitrogens with two attached hydrogens (primary N) is 1. The Hall–Kier alpha value is -1.26. The van der Waals surface area contributed by atoms with Gasteiger partial charge in [0.15, 0.2) is 0 Å². The highest BCUT2D eigenvalue weighted by atomic mass is 16.3. The van der Waals surface area contributed by atoms with Crippen molar-refractivity contribution in [2.75, 3.05) is 32.1 Å². The van der Waals surface area contributed by atoms with Gasteiger partial charge in [-0.25, -0.2) is 0 Å². The normalized spacial score (nSPS) is 25.1. The molecule has 0 spiro atoms. The monoisotopic (exact) mass is 263 g/mol. The largest absolute Gasteiger partial charge is 0.508 e. The minimum Gasteiger partial charge on any atom is -0.508 e. The van der Waals surface area contributed by atoms with Gasteiger partial charge >= 0.3 is 0 Å². The fourth-order valence-corrected chi connectivity index (χ4v) is 2.95. The van der Waals surface area contributed by atoms with Crippen molar-refractivity contribution in [1.82, 2.24) is 4.90 Å². The molecule has 3 atom stereocenters. The summed E-state index contributed by atoms with van der Waals surface area (Å²) >= 11 is 0. The first-order valence-electron chi connectivity index (χ1n) is 6.90. The molecule has 1 aromatic carbocycles. The van der Waals surface area contributed by atoms with Crippen molar-refractivity contribution in [3.8, 4) is 5.75 Å². The molecule has 3 unspecified atom stereocenters. The third-order valence-corrected chi connectivity index (χ3v) is 4.11. The second kappa shape index (κ2) is 5.39. The highest BCUT2D eigenvalue weighted by Crippen LogP contribution is 2.31. The summed E-state index contributed by atoms with van der Waals surface area (Å²) in [6, 6.07) is 6.26. The second-order valence-electron chi connectivity index (χ2n) is 5.95. The molecule has 0 aromatic heterocycles. The summed E-state index contributed by atoms with van der Waals surface area (Å²) in [5.74, 6) is 0.929. The highest BCUT2D eigenvalue weighted by Gasteiger charge is 2.31. The number of nitrogens with zero attached hydrogens (tertiary/aromatic N) is 2. The molecule has 1 fully saturated rings. The summed E-state index contributed by atoms with van der Waals surface area (Å²) in [7, 11) is 4.25. The quantitative estimate of drug-likeness (QED) is 0.873. The Bertz CT molecular complexity index is 445. The molecule has 0 saturated carbocycles. The summed E-state index contributed by atoms with van der Waals surface area (Å²) in [6.07, 6.45) is 0. The van der Waals surface area contributed by atoms with Crippen molar-refractivity contribution in [2.24, 2.45) is 11.7 Å². The van der Waals surface area contributed by atoms with Crippen LogP contribution >= 0.6 is 0 Å². The average molecular weight is 263 g/mol. The molecular formula is C15H25N3O. The average Bonchev–Trinajstić information content (AvgIpc) is 2.70. The first-order valence-corrected chi connectivity index (χ1v) is 6.90. The zero-order valence-corrected chi connectivity index (χ0v) is 12.3. The lowest BCUT2D eigenvalue weighted by atomic mass is 10.1. The summed E-state index contributed by atoms with van der Waals surface area (Å²) in [5, 5.41) is 10.0. The molecule has 0 amide bonds. The molecular weight excluding hydrogens is 238 g/mol. The third-order valence-electron chi connectivity index (χ3n) is 4.11. The van der Waals surface area contributed by atoms with Gasteiger partial charge in [-0.05, 0) is 33.0 Å².